The van der Waals surface area contributed by atoms with E-state index in [9.17, 15) is 0 Å². The maximum atomic E-state index is 8.12. The normalized spacial score (nSPS) is 11.6. The summed E-state index contributed by atoms with van der Waals surface area (Å²) < 4.78 is 0. The fourth-order valence-corrected chi connectivity index (χ4v) is 1.55. The molecule has 0 aromatic carbocycles. The van der Waals surface area contributed by atoms with Gasteiger partial charge >= 0.3 is 0 Å². The van der Waals surface area contributed by atoms with Gasteiger partial charge in [-0.3, -0.25) is 5.41 Å². The molecule has 0 aliphatic heterocycles. The van der Waals surface area contributed by atoms with Crippen LogP contribution in [0.25, 0.3) is 0 Å². The van der Waals surface area contributed by atoms with Gasteiger partial charge in [0.15, 0.2) is 0 Å². The Balaban J connectivity index is 4.21. The summed E-state index contributed by atoms with van der Waals surface area (Å²) in [6.07, 6.45) is 2.38. The number of nitrogens with zero attached hydrogens (tertiary/aromatic N) is 1. The molecule has 0 aliphatic carbocycles. The van der Waals surface area contributed by atoms with Crippen LogP contribution in [-0.2, 0) is 0 Å². The van der Waals surface area contributed by atoms with Crippen molar-refractivity contribution in [3.63, 3.8) is 0 Å². The summed E-state index contributed by atoms with van der Waals surface area (Å²) in [7, 11) is 0. The van der Waals surface area contributed by atoms with Crippen molar-refractivity contribution in [2.45, 2.75) is 54.4 Å². The minimum Gasteiger partial charge on any atom is -0.360 e. The fraction of sp³-hybridized carbons (Fsp3) is 0.929. The van der Waals surface area contributed by atoms with Crippen LogP contribution in [0.15, 0.2) is 0 Å². The zero-order chi connectivity index (χ0) is 12.7. The van der Waals surface area contributed by atoms with Crippen molar-refractivity contribution in [3.05, 3.63) is 0 Å². The first-order valence-corrected chi connectivity index (χ1v) is 6.68. The van der Waals surface area contributed by atoms with Crippen LogP contribution in [0.1, 0.15) is 54.4 Å². The maximum Gasteiger partial charge on any atom is 0.0983 e. The second kappa shape index (κ2) is 7.70. The van der Waals surface area contributed by atoms with E-state index in [0.29, 0.717) is 5.92 Å². The molecule has 96 valence electrons. The van der Waals surface area contributed by atoms with Crippen molar-refractivity contribution >= 4 is 5.84 Å². The van der Waals surface area contributed by atoms with Gasteiger partial charge in [0, 0.05) is 19.0 Å². The summed E-state index contributed by atoms with van der Waals surface area (Å²) in [6.45, 7) is 15.3. The molecule has 0 aromatic rings. The molecule has 16 heavy (non-hydrogen) atoms. The highest BCUT2D eigenvalue weighted by Gasteiger charge is 2.13. The van der Waals surface area contributed by atoms with Crippen molar-refractivity contribution in [3.8, 4) is 0 Å². The Morgan fingerprint density at radius 2 is 1.25 bits per heavy atom. The van der Waals surface area contributed by atoms with Crippen LogP contribution >= 0.6 is 0 Å². The van der Waals surface area contributed by atoms with Crippen molar-refractivity contribution in [1.82, 2.24) is 4.90 Å². The van der Waals surface area contributed by atoms with E-state index in [1.54, 1.807) is 0 Å². The summed E-state index contributed by atoms with van der Waals surface area (Å²) in [5, 5.41) is 8.12. The Labute approximate surface area is 102 Å². The summed E-state index contributed by atoms with van der Waals surface area (Å²) in [4.78, 5) is 2.27. The smallest absolute Gasteiger partial charge is 0.0983 e. The summed E-state index contributed by atoms with van der Waals surface area (Å²) in [5.41, 5.74) is 0. The molecule has 0 atom stereocenters. The molecule has 0 aliphatic rings. The van der Waals surface area contributed by atoms with Gasteiger partial charge in [-0.1, -0.05) is 41.5 Å². The predicted molar refractivity (Wildman–Crippen MR) is 73.0 cm³/mol. The minimum atomic E-state index is 0.347. The first-order chi connectivity index (χ1) is 7.34. The Morgan fingerprint density at radius 3 is 1.50 bits per heavy atom. The Hall–Kier alpha value is -0.530. The third-order valence-electron chi connectivity index (χ3n) is 2.84. The molecule has 0 bridgehead atoms. The molecule has 0 saturated heterocycles. The van der Waals surface area contributed by atoms with E-state index in [2.05, 4.69) is 46.4 Å². The molecule has 0 saturated carbocycles. The average Bonchev–Trinajstić information content (AvgIpc) is 2.16. The largest absolute Gasteiger partial charge is 0.360 e. The van der Waals surface area contributed by atoms with Gasteiger partial charge in [-0.05, 0) is 24.7 Å². The van der Waals surface area contributed by atoms with Gasteiger partial charge in [-0.15, -0.1) is 0 Å². The topological polar surface area (TPSA) is 27.1 Å². The molecule has 2 heteroatoms. The van der Waals surface area contributed by atoms with Crippen molar-refractivity contribution < 1.29 is 0 Å². The van der Waals surface area contributed by atoms with Gasteiger partial charge < -0.3 is 4.90 Å². The van der Waals surface area contributed by atoms with Crippen LogP contribution in [0, 0.1) is 23.2 Å². The third kappa shape index (κ3) is 6.86. The SMILES string of the molecule is CC(C)CCN(CCC(C)C)C(=N)C(C)C. The monoisotopic (exact) mass is 226 g/mol. The molecule has 2 nitrogen and oxygen atoms in total. The lowest BCUT2D eigenvalue weighted by atomic mass is 10.1. The van der Waals surface area contributed by atoms with E-state index < -0.39 is 0 Å². The quantitative estimate of drug-likeness (QED) is 0.515. The van der Waals surface area contributed by atoms with Crippen molar-refractivity contribution in [1.29, 1.82) is 5.41 Å². The predicted octanol–water partition coefficient (Wildman–Crippen LogP) is 4.01. The summed E-state index contributed by atoms with van der Waals surface area (Å²) in [5.74, 6) is 2.60. The average molecular weight is 226 g/mol. The number of hydrogen-bond acceptors (Lipinski definition) is 1. The molecular weight excluding hydrogens is 196 g/mol. The Morgan fingerprint density at radius 1 is 0.875 bits per heavy atom. The Kier molecular flexibility index (Phi) is 7.44. The van der Waals surface area contributed by atoms with Crippen LogP contribution < -0.4 is 0 Å². The van der Waals surface area contributed by atoms with E-state index in [4.69, 9.17) is 5.41 Å². The molecular formula is C14H30N2. The first-order valence-electron chi connectivity index (χ1n) is 6.68. The van der Waals surface area contributed by atoms with E-state index in [-0.39, 0.29) is 0 Å². The molecule has 0 radical (unpaired) electrons. The van der Waals surface area contributed by atoms with Crippen LogP contribution in [-0.4, -0.2) is 23.8 Å². The fourth-order valence-electron chi connectivity index (χ4n) is 1.55. The number of amidine groups is 1. The van der Waals surface area contributed by atoms with Crippen LogP contribution in [0.2, 0.25) is 0 Å². The van der Waals surface area contributed by atoms with Gasteiger partial charge in [0.2, 0.25) is 0 Å². The molecule has 1 N–H and O–H groups in total. The molecule has 0 unspecified atom stereocenters. The zero-order valence-corrected chi connectivity index (χ0v) is 12.0. The molecule has 0 amide bonds. The van der Waals surface area contributed by atoms with Crippen molar-refractivity contribution in [2.24, 2.45) is 17.8 Å². The molecule has 0 spiro atoms. The van der Waals surface area contributed by atoms with Crippen molar-refractivity contribution in [2.75, 3.05) is 13.1 Å². The highest BCUT2D eigenvalue weighted by Crippen LogP contribution is 2.10. The molecule has 0 heterocycles. The van der Waals surface area contributed by atoms with Gasteiger partial charge in [0.25, 0.3) is 0 Å². The van der Waals surface area contributed by atoms with Gasteiger partial charge in [-0.2, -0.15) is 0 Å². The minimum absolute atomic E-state index is 0.347. The van der Waals surface area contributed by atoms with Crippen LogP contribution in [0.5, 0.6) is 0 Å². The van der Waals surface area contributed by atoms with Gasteiger partial charge in [0.1, 0.15) is 0 Å². The van der Waals surface area contributed by atoms with E-state index in [1.165, 1.54) is 12.8 Å². The van der Waals surface area contributed by atoms with Crippen LogP contribution in [0.4, 0.5) is 0 Å². The highest BCUT2D eigenvalue weighted by atomic mass is 15.2. The second-order valence-electron chi connectivity index (χ2n) is 5.89. The molecule has 0 rings (SSSR count). The third-order valence-corrected chi connectivity index (χ3v) is 2.84. The lowest BCUT2D eigenvalue weighted by molar-refractivity contribution is 0.340. The number of rotatable bonds is 7. The first kappa shape index (κ1) is 15.5. The molecule has 0 fully saturated rings. The van der Waals surface area contributed by atoms with E-state index in [1.807, 2.05) is 0 Å². The number of nitrogens with one attached hydrogen (secondary N) is 1. The number of hydrogen-bond donors (Lipinski definition) is 1. The molecule has 0 aromatic heterocycles. The van der Waals surface area contributed by atoms with Gasteiger partial charge in [0.05, 0.1) is 5.84 Å². The highest BCUT2D eigenvalue weighted by molar-refractivity contribution is 5.80. The van der Waals surface area contributed by atoms with Gasteiger partial charge in [-0.25, -0.2) is 0 Å². The lowest BCUT2D eigenvalue weighted by Crippen LogP contribution is -2.36. The van der Waals surface area contributed by atoms with E-state index >= 15 is 0 Å². The zero-order valence-electron chi connectivity index (χ0n) is 12.0. The maximum absolute atomic E-state index is 8.12. The standard InChI is InChI=1S/C14H30N2/c1-11(2)7-9-16(10-8-12(3)4)14(15)13(5)6/h11-13,15H,7-10H2,1-6H3. The lowest BCUT2D eigenvalue weighted by Gasteiger charge is -2.28. The summed E-state index contributed by atoms with van der Waals surface area (Å²) >= 11 is 0. The van der Waals surface area contributed by atoms with Crippen LogP contribution in [0.3, 0.4) is 0 Å². The summed E-state index contributed by atoms with van der Waals surface area (Å²) in [6, 6.07) is 0. The second-order valence-corrected chi connectivity index (χ2v) is 5.89. The van der Waals surface area contributed by atoms with E-state index in [0.717, 1.165) is 30.8 Å². The Bertz CT molecular complexity index is 183.